The Hall–Kier alpha value is -3.61. The largest absolute Gasteiger partial charge is 0.493 e. The van der Waals surface area contributed by atoms with Gasteiger partial charge in [-0.1, -0.05) is 12.1 Å². The van der Waals surface area contributed by atoms with Crippen molar-refractivity contribution in [2.24, 2.45) is 0 Å². The second kappa shape index (κ2) is 8.85. The second-order valence-corrected chi connectivity index (χ2v) is 5.97. The molecule has 144 valence electrons. The number of hydrogen-bond donors (Lipinski definition) is 0. The van der Waals surface area contributed by atoms with Crippen molar-refractivity contribution in [1.82, 2.24) is 9.78 Å². The van der Waals surface area contributed by atoms with Gasteiger partial charge in [-0.3, -0.25) is 9.48 Å². The molecule has 1 aromatic heterocycles. The first-order valence-electron chi connectivity index (χ1n) is 8.59. The summed E-state index contributed by atoms with van der Waals surface area (Å²) in [6.07, 6.45) is 3.57. The van der Waals surface area contributed by atoms with Crippen LogP contribution in [-0.4, -0.2) is 42.4 Å². The summed E-state index contributed by atoms with van der Waals surface area (Å²) in [4.78, 5) is 24.5. The highest BCUT2D eigenvalue weighted by atomic mass is 16.5. The SMILES string of the molecule is COc1ccc(C(=O)COC(=O)c2ccc(Cn3cccn3)cc2)cc1OC. The zero-order chi connectivity index (χ0) is 19.9. The summed E-state index contributed by atoms with van der Waals surface area (Å²) in [5, 5.41) is 4.14. The Bertz CT molecular complexity index is 949. The van der Waals surface area contributed by atoms with Crippen molar-refractivity contribution >= 4 is 11.8 Å². The number of nitrogens with zero attached hydrogens (tertiary/aromatic N) is 2. The minimum atomic E-state index is -0.556. The first kappa shape index (κ1) is 19.2. The van der Waals surface area contributed by atoms with E-state index in [1.165, 1.54) is 14.2 Å². The number of carbonyl (C=O) groups is 2. The number of hydrogen-bond acceptors (Lipinski definition) is 6. The van der Waals surface area contributed by atoms with Crippen molar-refractivity contribution in [2.45, 2.75) is 6.54 Å². The van der Waals surface area contributed by atoms with Gasteiger partial charge in [-0.15, -0.1) is 0 Å². The van der Waals surface area contributed by atoms with Gasteiger partial charge in [0.15, 0.2) is 23.9 Å². The third-order valence-corrected chi connectivity index (χ3v) is 4.13. The lowest BCUT2D eigenvalue weighted by molar-refractivity contribution is 0.0474. The van der Waals surface area contributed by atoms with Crippen molar-refractivity contribution in [3.63, 3.8) is 0 Å². The van der Waals surface area contributed by atoms with Gasteiger partial charge in [0.05, 0.1) is 26.3 Å². The standard InChI is InChI=1S/C21H20N2O5/c1-26-19-9-8-17(12-20(19)27-2)18(24)14-28-21(25)16-6-4-15(5-7-16)13-23-11-3-10-22-23/h3-12H,13-14H2,1-2H3. The van der Waals surface area contributed by atoms with Crippen molar-refractivity contribution in [2.75, 3.05) is 20.8 Å². The Morgan fingerprint density at radius 1 is 0.964 bits per heavy atom. The molecule has 0 aliphatic carbocycles. The number of ketones is 1. The number of ether oxygens (including phenoxy) is 3. The van der Waals surface area contributed by atoms with Gasteiger partial charge < -0.3 is 14.2 Å². The molecule has 0 N–H and O–H groups in total. The number of benzene rings is 2. The quantitative estimate of drug-likeness (QED) is 0.442. The Balaban J connectivity index is 1.58. The lowest BCUT2D eigenvalue weighted by Gasteiger charge is -2.09. The molecule has 0 bridgehead atoms. The van der Waals surface area contributed by atoms with E-state index in [0.29, 0.717) is 29.2 Å². The van der Waals surface area contributed by atoms with Crippen LogP contribution in [0, 0.1) is 0 Å². The smallest absolute Gasteiger partial charge is 0.338 e. The van der Waals surface area contributed by atoms with Crippen LogP contribution in [0.15, 0.2) is 60.9 Å². The number of rotatable bonds is 8. The zero-order valence-corrected chi connectivity index (χ0v) is 15.6. The first-order chi connectivity index (χ1) is 13.6. The van der Waals surface area contributed by atoms with Gasteiger partial charge >= 0.3 is 5.97 Å². The van der Waals surface area contributed by atoms with Crippen LogP contribution in [0.25, 0.3) is 0 Å². The van der Waals surface area contributed by atoms with Gasteiger partial charge in [-0.2, -0.15) is 5.10 Å². The summed E-state index contributed by atoms with van der Waals surface area (Å²) in [5.41, 5.74) is 1.76. The molecule has 28 heavy (non-hydrogen) atoms. The van der Waals surface area contributed by atoms with Crippen LogP contribution < -0.4 is 9.47 Å². The Kier molecular flexibility index (Phi) is 6.06. The van der Waals surface area contributed by atoms with Crippen LogP contribution in [0.4, 0.5) is 0 Å². The molecule has 0 atom stereocenters. The van der Waals surface area contributed by atoms with Gasteiger partial charge in [0.25, 0.3) is 0 Å². The molecule has 0 radical (unpaired) electrons. The molecule has 2 aromatic carbocycles. The molecule has 3 aromatic rings. The summed E-state index contributed by atoms with van der Waals surface area (Å²) < 4.78 is 17.3. The maximum atomic E-state index is 12.3. The molecule has 0 saturated carbocycles. The minimum absolute atomic E-state index is 0.329. The molecule has 0 aliphatic rings. The number of Topliss-reactive ketones (excluding diaryl/α,β-unsaturated/α-hetero) is 1. The number of esters is 1. The fraction of sp³-hybridized carbons (Fsp3) is 0.190. The van der Waals surface area contributed by atoms with Crippen molar-refractivity contribution in [3.8, 4) is 11.5 Å². The molecule has 7 nitrogen and oxygen atoms in total. The maximum absolute atomic E-state index is 12.3. The van der Waals surface area contributed by atoms with E-state index in [1.807, 2.05) is 24.4 Å². The van der Waals surface area contributed by atoms with Gasteiger partial charge in [0.2, 0.25) is 0 Å². The van der Waals surface area contributed by atoms with E-state index in [0.717, 1.165) is 5.56 Å². The van der Waals surface area contributed by atoms with E-state index in [-0.39, 0.29) is 12.4 Å². The van der Waals surface area contributed by atoms with Crippen molar-refractivity contribution < 1.29 is 23.8 Å². The van der Waals surface area contributed by atoms with E-state index in [1.54, 1.807) is 41.2 Å². The summed E-state index contributed by atoms with van der Waals surface area (Å²) >= 11 is 0. The molecule has 0 saturated heterocycles. The monoisotopic (exact) mass is 380 g/mol. The van der Waals surface area contributed by atoms with Crippen LogP contribution in [0.1, 0.15) is 26.3 Å². The van der Waals surface area contributed by atoms with Crippen LogP contribution in [0.5, 0.6) is 11.5 Å². The van der Waals surface area contributed by atoms with Crippen LogP contribution in [-0.2, 0) is 11.3 Å². The average molecular weight is 380 g/mol. The van der Waals surface area contributed by atoms with Crippen LogP contribution in [0.3, 0.4) is 0 Å². The van der Waals surface area contributed by atoms with Gasteiger partial charge in [0.1, 0.15) is 0 Å². The summed E-state index contributed by atoms with van der Waals surface area (Å²) in [6, 6.07) is 13.6. The molecule has 7 heteroatoms. The topological polar surface area (TPSA) is 79.7 Å². The Morgan fingerprint density at radius 3 is 2.32 bits per heavy atom. The molecule has 0 spiro atoms. The van der Waals surface area contributed by atoms with E-state index in [4.69, 9.17) is 14.2 Å². The van der Waals surface area contributed by atoms with Gasteiger partial charge in [-0.25, -0.2) is 4.79 Å². The van der Waals surface area contributed by atoms with E-state index in [2.05, 4.69) is 5.10 Å². The predicted molar refractivity (Wildman–Crippen MR) is 102 cm³/mol. The molecule has 0 aliphatic heterocycles. The van der Waals surface area contributed by atoms with Crippen molar-refractivity contribution in [1.29, 1.82) is 0 Å². The van der Waals surface area contributed by atoms with Gasteiger partial charge in [0, 0.05) is 18.0 Å². The van der Waals surface area contributed by atoms with E-state index >= 15 is 0 Å². The second-order valence-electron chi connectivity index (χ2n) is 5.97. The fourth-order valence-electron chi connectivity index (χ4n) is 2.63. The first-order valence-corrected chi connectivity index (χ1v) is 8.59. The number of carbonyl (C=O) groups excluding carboxylic acids is 2. The number of aromatic nitrogens is 2. The fourth-order valence-corrected chi connectivity index (χ4v) is 2.63. The summed E-state index contributed by atoms with van der Waals surface area (Å²) in [7, 11) is 3.00. The third-order valence-electron chi connectivity index (χ3n) is 4.13. The highest BCUT2D eigenvalue weighted by Crippen LogP contribution is 2.27. The van der Waals surface area contributed by atoms with Gasteiger partial charge in [-0.05, 0) is 42.0 Å². The van der Waals surface area contributed by atoms with E-state index < -0.39 is 5.97 Å². The molecule has 0 amide bonds. The summed E-state index contributed by atoms with van der Waals surface area (Å²) in [5.74, 6) is 0.0720. The normalized spacial score (nSPS) is 10.4. The molecule has 0 unspecified atom stereocenters. The molecule has 1 heterocycles. The lowest BCUT2D eigenvalue weighted by atomic mass is 10.1. The minimum Gasteiger partial charge on any atom is -0.493 e. The Labute approximate surface area is 162 Å². The zero-order valence-electron chi connectivity index (χ0n) is 15.6. The molecular weight excluding hydrogens is 360 g/mol. The van der Waals surface area contributed by atoms with Crippen LogP contribution >= 0.6 is 0 Å². The molecule has 3 rings (SSSR count). The van der Waals surface area contributed by atoms with Crippen LogP contribution in [0.2, 0.25) is 0 Å². The average Bonchev–Trinajstić information content (AvgIpc) is 3.24. The number of methoxy groups -OCH3 is 2. The van der Waals surface area contributed by atoms with E-state index in [9.17, 15) is 9.59 Å². The lowest BCUT2D eigenvalue weighted by Crippen LogP contribution is -2.14. The predicted octanol–water partition coefficient (Wildman–Crippen LogP) is 2.99. The third kappa shape index (κ3) is 4.56. The molecular formula is C21H20N2O5. The highest BCUT2D eigenvalue weighted by molar-refractivity contribution is 5.99. The van der Waals surface area contributed by atoms with Crippen molar-refractivity contribution in [3.05, 3.63) is 77.6 Å². The molecule has 0 fully saturated rings. The maximum Gasteiger partial charge on any atom is 0.338 e. The summed E-state index contributed by atoms with van der Waals surface area (Å²) in [6.45, 7) is 0.253. The Morgan fingerprint density at radius 2 is 1.68 bits per heavy atom. The highest BCUT2D eigenvalue weighted by Gasteiger charge is 2.14.